The third-order valence-electron chi connectivity index (χ3n) is 2.98. The molecule has 0 spiro atoms. The van der Waals surface area contributed by atoms with E-state index in [9.17, 15) is 9.59 Å². The molecule has 1 atom stereocenters. The van der Waals surface area contributed by atoms with Gasteiger partial charge in [0.1, 0.15) is 0 Å². The van der Waals surface area contributed by atoms with Crippen molar-refractivity contribution in [2.24, 2.45) is 5.92 Å². The molecule has 19 heavy (non-hydrogen) atoms. The molecule has 2 amide bonds. The van der Waals surface area contributed by atoms with Crippen LogP contribution in [-0.2, 0) is 4.79 Å². The molecule has 0 fully saturated rings. The lowest BCUT2D eigenvalue weighted by molar-refractivity contribution is -0.141. The first-order valence-corrected chi connectivity index (χ1v) is 6.78. The quantitative estimate of drug-likeness (QED) is 0.659. The highest BCUT2D eigenvalue weighted by Gasteiger charge is 2.13. The van der Waals surface area contributed by atoms with Gasteiger partial charge in [0.2, 0.25) is 0 Å². The Morgan fingerprint density at radius 3 is 2.37 bits per heavy atom. The second kappa shape index (κ2) is 9.61. The Hall–Kier alpha value is -1.30. The summed E-state index contributed by atoms with van der Waals surface area (Å²) in [6.45, 7) is 6.30. The van der Waals surface area contributed by atoms with E-state index in [2.05, 4.69) is 10.2 Å². The van der Waals surface area contributed by atoms with Gasteiger partial charge in [0, 0.05) is 19.6 Å². The largest absolute Gasteiger partial charge is 0.481 e. The van der Waals surface area contributed by atoms with Crippen molar-refractivity contribution >= 4 is 12.0 Å². The number of carboxylic acid groups (broad SMARTS) is 1. The molecular formula is C13H27N3O3. The minimum Gasteiger partial charge on any atom is -0.481 e. The van der Waals surface area contributed by atoms with Crippen LogP contribution in [0.15, 0.2) is 0 Å². The summed E-state index contributed by atoms with van der Waals surface area (Å²) < 4.78 is 0. The average Bonchev–Trinajstić information content (AvgIpc) is 2.33. The second-order valence-electron chi connectivity index (χ2n) is 5.00. The van der Waals surface area contributed by atoms with E-state index < -0.39 is 11.9 Å². The first-order chi connectivity index (χ1) is 8.88. The Balaban J connectivity index is 3.91. The Bertz CT molecular complexity index is 282. The molecule has 0 aliphatic heterocycles. The lowest BCUT2D eigenvalue weighted by Gasteiger charge is -2.22. The monoisotopic (exact) mass is 273 g/mol. The van der Waals surface area contributed by atoms with E-state index in [4.69, 9.17) is 5.11 Å². The molecule has 0 heterocycles. The molecule has 2 N–H and O–H groups in total. The molecule has 0 aromatic carbocycles. The summed E-state index contributed by atoms with van der Waals surface area (Å²) in [7, 11) is 4.01. The van der Waals surface area contributed by atoms with Crippen LogP contribution in [0.2, 0.25) is 0 Å². The lowest BCUT2D eigenvalue weighted by atomic mass is 10.1. The fourth-order valence-corrected chi connectivity index (χ4v) is 1.61. The number of carbonyl (C=O) groups excluding carboxylic acids is 1. The van der Waals surface area contributed by atoms with Gasteiger partial charge in [0.25, 0.3) is 0 Å². The average molecular weight is 273 g/mol. The summed E-state index contributed by atoms with van der Waals surface area (Å²) >= 11 is 0. The molecule has 1 unspecified atom stereocenters. The molecule has 6 nitrogen and oxygen atoms in total. The number of nitrogens with one attached hydrogen (secondary N) is 1. The van der Waals surface area contributed by atoms with Crippen LogP contribution in [0.4, 0.5) is 4.79 Å². The highest BCUT2D eigenvalue weighted by atomic mass is 16.4. The van der Waals surface area contributed by atoms with E-state index in [1.54, 1.807) is 11.8 Å². The van der Waals surface area contributed by atoms with Crippen LogP contribution in [-0.4, -0.2) is 67.2 Å². The van der Waals surface area contributed by atoms with E-state index in [0.717, 1.165) is 19.5 Å². The molecule has 0 rings (SSSR count). The molecule has 0 aromatic rings. The van der Waals surface area contributed by atoms with Crippen molar-refractivity contribution in [2.75, 3.05) is 40.3 Å². The normalized spacial score (nSPS) is 12.3. The predicted molar refractivity (Wildman–Crippen MR) is 75.2 cm³/mol. The third-order valence-corrected chi connectivity index (χ3v) is 2.98. The topological polar surface area (TPSA) is 72.9 Å². The predicted octanol–water partition coefficient (Wildman–Crippen LogP) is 1.08. The van der Waals surface area contributed by atoms with Crippen molar-refractivity contribution in [1.82, 2.24) is 15.1 Å². The highest BCUT2D eigenvalue weighted by Crippen LogP contribution is 2.00. The number of hydrogen-bond acceptors (Lipinski definition) is 3. The molecule has 0 aromatic heterocycles. The van der Waals surface area contributed by atoms with Crippen LogP contribution in [0.3, 0.4) is 0 Å². The van der Waals surface area contributed by atoms with Gasteiger partial charge >= 0.3 is 12.0 Å². The van der Waals surface area contributed by atoms with Gasteiger partial charge in [-0.2, -0.15) is 0 Å². The fraction of sp³-hybridized carbons (Fsp3) is 0.846. The molecule has 0 radical (unpaired) electrons. The van der Waals surface area contributed by atoms with Gasteiger partial charge in [-0.25, -0.2) is 4.79 Å². The maximum absolute atomic E-state index is 11.9. The molecule has 0 saturated carbocycles. The van der Waals surface area contributed by atoms with Gasteiger partial charge in [0.05, 0.1) is 5.92 Å². The zero-order chi connectivity index (χ0) is 14.8. The number of amides is 2. The van der Waals surface area contributed by atoms with Crippen molar-refractivity contribution < 1.29 is 14.7 Å². The molecular weight excluding hydrogens is 246 g/mol. The molecule has 112 valence electrons. The SMILES string of the molecule is CCN(CCCN(C)C)C(=O)NCCC(C)C(=O)O. The number of aliphatic carboxylic acids is 1. The van der Waals surface area contributed by atoms with E-state index in [1.807, 2.05) is 21.0 Å². The molecule has 0 aliphatic rings. The van der Waals surface area contributed by atoms with Crippen molar-refractivity contribution in [1.29, 1.82) is 0 Å². The third kappa shape index (κ3) is 8.42. The van der Waals surface area contributed by atoms with Crippen LogP contribution < -0.4 is 5.32 Å². The minimum atomic E-state index is -0.826. The fourth-order valence-electron chi connectivity index (χ4n) is 1.61. The number of rotatable bonds is 9. The van der Waals surface area contributed by atoms with Gasteiger partial charge in [0.15, 0.2) is 0 Å². The zero-order valence-corrected chi connectivity index (χ0v) is 12.5. The van der Waals surface area contributed by atoms with Crippen LogP contribution >= 0.6 is 0 Å². The standard InChI is InChI=1S/C13H27N3O3/c1-5-16(10-6-9-15(3)4)13(19)14-8-7-11(2)12(17)18/h11H,5-10H2,1-4H3,(H,14,19)(H,17,18). The summed E-state index contributed by atoms with van der Waals surface area (Å²) in [5.41, 5.74) is 0. The summed E-state index contributed by atoms with van der Waals surface area (Å²) in [5, 5.41) is 11.5. The van der Waals surface area contributed by atoms with Gasteiger partial charge in [-0.15, -0.1) is 0 Å². The first kappa shape index (κ1) is 17.7. The maximum atomic E-state index is 11.9. The van der Waals surface area contributed by atoms with Crippen molar-refractivity contribution in [3.8, 4) is 0 Å². The Kier molecular flexibility index (Phi) is 8.95. The van der Waals surface area contributed by atoms with Crippen molar-refractivity contribution in [3.63, 3.8) is 0 Å². The number of nitrogens with zero attached hydrogens (tertiary/aromatic N) is 2. The number of carbonyl (C=O) groups is 2. The zero-order valence-electron chi connectivity index (χ0n) is 12.5. The summed E-state index contributed by atoms with van der Waals surface area (Å²) in [6.07, 6.45) is 1.39. The van der Waals surface area contributed by atoms with Crippen molar-refractivity contribution in [2.45, 2.75) is 26.7 Å². The van der Waals surface area contributed by atoms with E-state index in [1.165, 1.54) is 0 Å². The molecule has 6 heteroatoms. The minimum absolute atomic E-state index is 0.112. The molecule has 0 saturated heterocycles. The van der Waals surface area contributed by atoms with Gasteiger partial charge in [-0.3, -0.25) is 4.79 Å². The molecule has 0 bridgehead atoms. The van der Waals surface area contributed by atoms with Crippen molar-refractivity contribution in [3.05, 3.63) is 0 Å². The highest BCUT2D eigenvalue weighted by molar-refractivity contribution is 5.74. The Morgan fingerprint density at radius 1 is 1.26 bits per heavy atom. The van der Waals surface area contributed by atoms with E-state index >= 15 is 0 Å². The van der Waals surface area contributed by atoms with Gasteiger partial charge in [-0.05, 0) is 40.4 Å². The van der Waals surface area contributed by atoms with Crippen LogP contribution in [0, 0.1) is 5.92 Å². The number of urea groups is 1. The number of hydrogen-bond donors (Lipinski definition) is 2. The van der Waals surface area contributed by atoms with Crippen LogP contribution in [0.5, 0.6) is 0 Å². The van der Waals surface area contributed by atoms with E-state index in [-0.39, 0.29) is 6.03 Å². The Labute approximate surface area is 115 Å². The Morgan fingerprint density at radius 2 is 1.89 bits per heavy atom. The van der Waals surface area contributed by atoms with Crippen LogP contribution in [0.25, 0.3) is 0 Å². The maximum Gasteiger partial charge on any atom is 0.317 e. The van der Waals surface area contributed by atoms with E-state index in [0.29, 0.717) is 19.5 Å². The first-order valence-electron chi connectivity index (χ1n) is 6.78. The summed E-state index contributed by atoms with van der Waals surface area (Å²) in [4.78, 5) is 26.3. The summed E-state index contributed by atoms with van der Waals surface area (Å²) in [6, 6.07) is -0.112. The van der Waals surface area contributed by atoms with Crippen LogP contribution in [0.1, 0.15) is 26.7 Å². The van der Waals surface area contributed by atoms with Gasteiger partial charge < -0.3 is 20.2 Å². The lowest BCUT2D eigenvalue weighted by Crippen LogP contribution is -2.41. The molecule has 0 aliphatic carbocycles. The van der Waals surface area contributed by atoms with Gasteiger partial charge in [-0.1, -0.05) is 6.92 Å². The second-order valence-corrected chi connectivity index (χ2v) is 5.00. The summed E-state index contributed by atoms with van der Waals surface area (Å²) in [5.74, 6) is -1.25. The number of carboxylic acids is 1. The smallest absolute Gasteiger partial charge is 0.317 e.